The van der Waals surface area contributed by atoms with Gasteiger partial charge in [0, 0.05) is 5.56 Å². The van der Waals surface area contributed by atoms with E-state index in [9.17, 15) is 4.79 Å². The first kappa shape index (κ1) is 10.7. The summed E-state index contributed by atoms with van der Waals surface area (Å²) < 4.78 is 6.65. The van der Waals surface area contributed by atoms with Crippen molar-refractivity contribution in [1.82, 2.24) is 0 Å². The largest absolute Gasteiger partial charge is 0.492 e. The number of hydrogen-bond donors (Lipinski definition) is 1. The van der Waals surface area contributed by atoms with Crippen molar-refractivity contribution in [2.24, 2.45) is 11.7 Å². The van der Waals surface area contributed by atoms with Crippen molar-refractivity contribution in [2.45, 2.75) is 12.8 Å². The van der Waals surface area contributed by atoms with Gasteiger partial charge in [0.25, 0.3) is 0 Å². The summed E-state index contributed by atoms with van der Waals surface area (Å²) in [5, 5.41) is 0. The number of amides is 1. The van der Waals surface area contributed by atoms with Gasteiger partial charge in [-0.2, -0.15) is 0 Å². The molecule has 1 amide bonds. The average molecular weight is 317 g/mol. The molecule has 1 saturated carbocycles. The van der Waals surface area contributed by atoms with Crippen molar-refractivity contribution < 1.29 is 9.53 Å². The predicted molar refractivity (Wildman–Crippen MR) is 65.9 cm³/mol. The number of carbonyl (C=O) groups excluding carboxylic acids is 1. The summed E-state index contributed by atoms with van der Waals surface area (Å²) in [5.74, 6) is 1.06. The van der Waals surface area contributed by atoms with Gasteiger partial charge in [-0.05, 0) is 59.5 Å². The van der Waals surface area contributed by atoms with Gasteiger partial charge in [-0.25, -0.2) is 0 Å². The van der Waals surface area contributed by atoms with E-state index in [0.29, 0.717) is 11.5 Å². The van der Waals surface area contributed by atoms with Crippen LogP contribution in [0.1, 0.15) is 23.2 Å². The zero-order valence-corrected chi connectivity index (χ0v) is 10.4. The van der Waals surface area contributed by atoms with E-state index in [1.54, 1.807) is 12.1 Å². The van der Waals surface area contributed by atoms with Crippen LogP contribution in [0.4, 0.5) is 0 Å². The number of ether oxygens (including phenoxy) is 1. The maximum atomic E-state index is 11.0. The number of halogens is 1. The molecular formula is C11H12INO2. The Balaban J connectivity index is 2.12. The van der Waals surface area contributed by atoms with Crippen LogP contribution in [0.3, 0.4) is 0 Å². The van der Waals surface area contributed by atoms with Crippen LogP contribution >= 0.6 is 22.6 Å². The van der Waals surface area contributed by atoms with E-state index in [-0.39, 0.29) is 0 Å². The van der Waals surface area contributed by atoms with Crippen LogP contribution in [-0.4, -0.2) is 12.5 Å². The number of nitrogens with two attached hydrogens (primary N) is 1. The molecule has 1 aromatic rings. The SMILES string of the molecule is NC(=O)c1ccc(I)c(OCC2CC2)c1. The molecule has 1 fully saturated rings. The molecule has 2 N–H and O–H groups in total. The third-order valence-electron chi connectivity index (χ3n) is 2.39. The lowest BCUT2D eigenvalue weighted by Crippen LogP contribution is -2.11. The van der Waals surface area contributed by atoms with Crippen LogP contribution in [0.15, 0.2) is 18.2 Å². The molecule has 0 spiro atoms. The minimum atomic E-state index is -0.414. The van der Waals surface area contributed by atoms with Crippen molar-refractivity contribution in [1.29, 1.82) is 0 Å². The Morgan fingerprint density at radius 3 is 2.87 bits per heavy atom. The monoisotopic (exact) mass is 317 g/mol. The highest BCUT2D eigenvalue weighted by Gasteiger charge is 2.22. The lowest BCUT2D eigenvalue weighted by Gasteiger charge is -2.08. The van der Waals surface area contributed by atoms with Crippen molar-refractivity contribution in [2.75, 3.05) is 6.61 Å². The van der Waals surface area contributed by atoms with Gasteiger partial charge in [-0.15, -0.1) is 0 Å². The first-order valence-electron chi connectivity index (χ1n) is 4.89. The Labute approximate surface area is 102 Å². The van der Waals surface area contributed by atoms with Gasteiger partial charge in [0.15, 0.2) is 0 Å². The molecule has 0 radical (unpaired) electrons. The lowest BCUT2D eigenvalue weighted by molar-refractivity contribution is 0.1000. The molecule has 0 bridgehead atoms. The Kier molecular flexibility index (Phi) is 3.14. The van der Waals surface area contributed by atoms with Gasteiger partial charge < -0.3 is 10.5 Å². The van der Waals surface area contributed by atoms with E-state index in [2.05, 4.69) is 22.6 Å². The van der Waals surface area contributed by atoms with Gasteiger partial charge in [0.2, 0.25) is 5.91 Å². The molecule has 0 aliphatic heterocycles. The summed E-state index contributed by atoms with van der Waals surface area (Å²) in [6, 6.07) is 5.28. The van der Waals surface area contributed by atoms with Crippen LogP contribution in [-0.2, 0) is 0 Å². The lowest BCUT2D eigenvalue weighted by atomic mass is 10.2. The van der Waals surface area contributed by atoms with Crippen molar-refractivity contribution in [3.05, 3.63) is 27.3 Å². The van der Waals surface area contributed by atoms with Crippen LogP contribution in [0, 0.1) is 9.49 Å². The summed E-state index contributed by atoms with van der Waals surface area (Å²) in [7, 11) is 0. The summed E-state index contributed by atoms with van der Waals surface area (Å²) in [4.78, 5) is 11.0. The number of hydrogen-bond acceptors (Lipinski definition) is 2. The minimum Gasteiger partial charge on any atom is -0.492 e. The quantitative estimate of drug-likeness (QED) is 0.866. The molecule has 1 aromatic carbocycles. The van der Waals surface area contributed by atoms with Gasteiger partial charge in [0.05, 0.1) is 10.2 Å². The smallest absolute Gasteiger partial charge is 0.248 e. The van der Waals surface area contributed by atoms with Crippen LogP contribution < -0.4 is 10.5 Å². The predicted octanol–water partition coefficient (Wildman–Crippen LogP) is 2.18. The number of benzene rings is 1. The normalized spacial score (nSPS) is 15.0. The molecule has 1 aliphatic carbocycles. The molecule has 0 atom stereocenters. The number of rotatable bonds is 4. The Morgan fingerprint density at radius 1 is 1.53 bits per heavy atom. The van der Waals surface area contributed by atoms with Gasteiger partial charge in [-0.3, -0.25) is 4.79 Å². The Bertz CT molecular complexity index is 388. The number of carbonyl (C=O) groups is 1. The topological polar surface area (TPSA) is 52.3 Å². The van der Waals surface area contributed by atoms with Crippen LogP contribution in [0.5, 0.6) is 5.75 Å². The molecule has 3 nitrogen and oxygen atoms in total. The zero-order valence-electron chi connectivity index (χ0n) is 8.20. The molecule has 1 aliphatic rings. The van der Waals surface area contributed by atoms with E-state index in [0.717, 1.165) is 15.9 Å². The standard InChI is InChI=1S/C11H12INO2/c12-9-4-3-8(11(13)14)5-10(9)15-6-7-1-2-7/h3-5,7H,1-2,6H2,(H2,13,14). The van der Waals surface area contributed by atoms with Crippen LogP contribution in [0.2, 0.25) is 0 Å². The highest BCUT2D eigenvalue weighted by Crippen LogP contribution is 2.31. The second-order valence-electron chi connectivity index (χ2n) is 3.76. The highest BCUT2D eigenvalue weighted by molar-refractivity contribution is 14.1. The second kappa shape index (κ2) is 4.38. The summed E-state index contributed by atoms with van der Waals surface area (Å²) >= 11 is 2.19. The molecule has 15 heavy (non-hydrogen) atoms. The fourth-order valence-electron chi connectivity index (χ4n) is 1.26. The van der Waals surface area contributed by atoms with Gasteiger partial charge in [-0.1, -0.05) is 0 Å². The first-order chi connectivity index (χ1) is 7.16. The zero-order chi connectivity index (χ0) is 10.8. The molecule has 0 unspecified atom stereocenters. The average Bonchev–Trinajstić information content (AvgIpc) is 3.00. The Morgan fingerprint density at radius 2 is 2.27 bits per heavy atom. The fourth-order valence-corrected chi connectivity index (χ4v) is 1.75. The van der Waals surface area contributed by atoms with Crippen molar-refractivity contribution >= 4 is 28.5 Å². The summed E-state index contributed by atoms with van der Waals surface area (Å²) in [6.45, 7) is 0.748. The van der Waals surface area contributed by atoms with Crippen LogP contribution in [0.25, 0.3) is 0 Å². The van der Waals surface area contributed by atoms with E-state index in [1.807, 2.05) is 6.07 Å². The van der Waals surface area contributed by atoms with E-state index in [1.165, 1.54) is 12.8 Å². The molecule has 0 heterocycles. The molecular weight excluding hydrogens is 305 g/mol. The second-order valence-corrected chi connectivity index (χ2v) is 4.93. The van der Waals surface area contributed by atoms with Gasteiger partial charge >= 0.3 is 0 Å². The molecule has 80 valence electrons. The summed E-state index contributed by atoms with van der Waals surface area (Å²) in [6.07, 6.45) is 2.51. The molecule has 4 heteroatoms. The minimum absolute atomic E-state index is 0.414. The maximum Gasteiger partial charge on any atom is 0.248 e. The Hall–Kier alpha value is -0.780. The maximum absolute atomic E-state index is 11.0. The van der Waals surface area contributed by atoms with Crippen molar-refractivity contribution in [3.63, 3.8) is 0 Å². The summed E-state index contributed by atoms with van der Waals surface area (Å²) in [5.41, 5.74) is 5.71. The molecule has 2 rings (SSSR count). The third kappa shape index (κ3) is 2.84. The number of primary amides is 1. The van der Waals surface area contributed by atoms with E-state index in [4.69, 9.17) is 10.5 Å². The molecule has 0 saturated heterocycles. The fraction of sp³-hybridized carbons (Fsp3) is 0.364. The van der Waals surface area contributed by atoms with E-state index < -0.39 is 5.91 Å². The molecule has 0 aromatic heterocycles. The first-order valence-corrected chi connectivity index (χ1v) is 5.97. The van der Waals surface area contributed by atoms with Gasteiger partial charge in [0.1, 0.15) is 5.75 Å². The third-order valence-corrected chi connectivity index (χ3v) is 3.28. The highest BCUT2D eigenvalue weighted by atomic mass is 127. The van der Waals surface area contributed by atoms with E-state index >= 15 is 0 Å². The van der Waals surface area contributed by atoms with Crippen molar-refractivity contribution in [3.8, 4) is 5.75 Å².